The van der Waals surface area contributed by atoms with Crippen molar-refractivity contribution >= 4 is 0 Å². The molecule has 0 bridgehead atoms. The van der Waals surface area contributed by atoms with Crippen molar-refractivity contribution in [3.63, 3.8) is 0 Å². The predicted octanol–water partition coefficient (Wildman–Crippen LogP) is 3.65. The fourth-order valence-electron chi connectivity index (χ4n) is 3.25. The number of hydrogen-bond acceptors (Lipinski definition) is 6. The molecule has 6 nitrogen and oxygen atoms in total. The molecule has 2 atom stereocenters. The van der Waals surface area contributed by atoms with Crippen LogP contribution in [0.4, 0.5) is 0 Å². The van der Waals surface area contributed by atoms with Gasteiger partial charge in [-0.1, -0.05) is 12.1 Å². The lowest BCUT2D eigenvalue weighted by Gasteiger charge is -2.17. The SMILES string of the molecule is Cc1ncc(-c2ccc(C(C)(C)O)nc2)c(OC[C@H]2CC2c2ccccn2)n1. The van der Waals surface area contributed by atoms with E-state index < -0.39 is 5.60 Å². The molecule has 0 spiro atoms. The van der Waals surface area contributed by atoms with Crippen LogP contribution in [-0.2, 0) is 5.60 Å². The van der Waals surface area contributed by atoms with Crippen LogP contribution in [-0.4, -0.2) is 31.6 Å². The molecule has 1 saturated carbocycles. The van der Waals surface area contributed by atoms with Crippen LogP contribution in [0, 0.1) is 12.8 Å². The van der Waals surface area contributed by atoms with E-state index in [-0.39, 0.29) is 0 Å². The number of aromatic nitrogens is 4. The molecule has 6 heteroatoms. The van der Waals surface area contributed by atoms with Gasteiger partial charge in [0.05, 0.1) is 17.9 Å². The lowest BCUT2D eigenvalue weighted by Crippen LogP contribution is -2.17. The van der Waals surface area contributed by atoms with Gasteiger partial charge < -0.3 is 9.84 Å². The number of aryl methyl sites for hydroxylation is 1. The van der Waals surface area contributed by atoms with Crippen LogP contribution in [0.3, 0.4) is 0 Å². The Kier molecular flexibility index (Phi) is 4.81. The van der Waals surface area contributed by atoms with Gasteiger partial charge in [0, 0.05) is 41.7 Å². The van der Waals surface area contributed by atoms with E-state index in [9.17, 15) is 5.11 Å². The summed E-state index contributed by atoms with van der Waals surface area (Å²) in [5, 5.41) is 10.1. The van der Waals surface area contributed by atoms with E-state index in [4.69, 9.17) is 4.74 Å². The Labute approximate surface area is 164 Å². The summed E-state index contributed by atoms with van der Waals surface area (Å²) in [6, 6.07) is 9.76. The van der Waals surface area contributed by atoms with Crippen LogP contribution in [0.25, 0.3) is 11.1 Å². The molecule has 144 valence electrons. The van der Waals surface area contributed by atoms with Crippen LogP contribution in [0.15, 0.2) is 48.9 Å². The Morgan fingerprint density at radius 1 is 1.11 bits per heavy atom. The van der Waals surface area contributed by atoms with Crippen molar-refractivity contribution in [1.29, 1.82) is 0 Å². The van der Waals surface area contributed by atoms with Crippen molar-refractivity contribution in [2.24, 2.45) is 5.92 Å². The molecule has 0 saturated heterocycles. The van der Waals surface area contributed by atoms with Crippen LogP contribution in [0.5, 0.6) is 5.88 Å². The minimum atomic E-state index is -0.978. The highest BCUT2D eigenvalue weighted by Gasteiger charge is 2.40. The van der Waals surface area contributed by atoms with Crippen LogP contribution < -0.4 is 4.74 Å². The number of rotatable bonds is 6. The molecule has 3 aromatic heterocycles. The Morgan fingerprint density at radius 2 is 1.96 bits per heavy atom. The summed E-state index contributed by atoms with van der Waals surface area (Å²) >= 11 is 0. The topological polar surface area (TPSA) is 81.0 Å². The number of pyridine rings is 2. The van der Waals surface area contributed by atoms with Crippen molar-refractivity contribution in [2.45, 2.75) is 38.7 Å². The van der Waals surface area contributed by atoms with Gasteiger partial charge in [0.25, 0.3) is 0 Å². The fourth-order valence-corrected chi connectivity index (χ4v) is 3.25. The highest BCUT2D eigenvalue weighted by molar-refractivity contribution is 5.67. The summed E-state index contributed by atoms with van der Waals surface area (Å²) in [5.74, 6) is 2.14. The van der Waals surface area contributed by atoms with Crippen molar-refractivity contribution in [1.82, 2.24) is 19.9 Å². The molecule has 1 aliphatic rings. The molecule has 0 amide bonds. The van der Waals surface area contributed by atoms with Gasteiger partial charge in [-0.05, 0) is 45.4 Å². The van der Waals surface area contributed by atoms with Gasteiger partial charge >= 0.3 is 0 Å². The van der Waals surface area contributed by atoms with E-state index in [1.807, 2.05) is 37.4 Å². The summed E-state index contributed by atoms with van der Waals surface area (Å²) in [6.45, 7) is 5.87. The fraction of sp³-hybridized carbons (Fsp3) is 0.364. The Hall–Kier alpha value is -2.86. The molecule has 1 unspecified atom stereocenters. The first-order valence-electron chi connectivity index (χ1n) is 9.48. The van der Waals surface area contributed by atoms with Gasteiger partial charge in [-0.2, -0.15) is 4.98 Å². The smallest absolute Gasteiger partial charge is 0.224 e. The van der Waals surface area contributed by atoms with E-state index in [0.717, 1.165) is 23.2 Å². The number of aliphatic hydroxyl groups is 1. The predicted molar refractivity (Wildman–Crippen MR) is 106 cm³/mol. The first kappa shape index (κ1) is 18.5. The Morgan fingerprint density at radius 3 is 2.64 bits per heavy atom. The van der Waals surface area contributed by atoms with E-state index in [2.05, 4.69) is 26.0 Å². The van der Waals surface area contributed by atoms with Gasteiger partial charge in [0.15, 0.2) is 0 Å². The molecule has 0 radical (unpaired) electrons. The zero-order valence-electron chi connectivity index (χ0n) is 16.3. The van der Waals surface area contributed by atoms with Gasteiger partial charge in [-0.3, -0.25) is 9.97 Å². The molecule has 3 aromatic rings. The standard InChI is InChI=1S/C22H24N4O2/c1-14-24-12-18(15-7-8-20(25-11-15)22(2,3)27)21(26-14)28-13-16-10-17(16)19-6-4-5-9-23-19/h4-9,11-12,16-17,27H,10,13H2,1-3H3/t16-,17?/m1/s1. The maximum Gasteiger partial charge on any atom is 0.224 e. The molecule has 0 aliphatic heterocycles. The summed E-state index contributed by atoms with van der Waals surface area (Å²) in [6.07, 6.45) is 6.41. The zero-order chi connectivity index (χ0) is 19.7. The highest BCUT2D eigenvalue weighted by Crippen LogP contribution is 2.46. The minimum Gasteiger partial charge on any atom is -0.477 e. The summed E-state index contributed by atoms with van der Waals surface area (Å²) in [5.41, 5.74) is 2.42. The van der Waals surface area contributed by atoms with Crippen LogP contribution in [0.2, 0.25) is 0 Å². The van der Waals surface area contributed by atoms with Crippen LogP contribution in [0.1, 0.15) is 43.4 Å². The first-order chi connectivity index (χ1) is 13.4. The summed E-state index contributed by atoms with van der Waals surface area (Å²) in [4.78, 5) is 17.6. The molecule has 0 aromatic carbocycles. The number of hydrogen-bond donors (Lipinski definition) is 1. The third-order valence-electron chi connectivity index (χ3n) is 5.00. The van der Waals surface area contributed by atoms with Gasteiger partial charge in [-0.15, -0.1) is 0 Å². The average molecular weight is 376 g/mol. The van der Waals surface area contributed by atoms with Crippen LogP contribution >= 0.6 is 0 Å². The molecule has 3 heterocycles. The van der Waals surface area contributed by atoms with E-state index >= 15 is 0 Å². The van der Waals surface area contributed by atoms with Crippen molar-refractivity contribution in [3.8, 4) is 17.0 Å². The molecular weight excluding hydrogens is 352 g/mol. The molecule has 1 fully saturated rings. The molecule has 1 N–H and O–H groups in total. The van der Waals surface area contributed by atoms with Crippen molar-refractivity contribution < 1.29 is 9.84 Å². The Balaban J connectivity index is 1.50. The van der Waals surface area contributed by atoms with Gasteiger partial charge in [-0.25, -0.2) is 4.98 Å². The summed E-state index contributed by atoms with van der Waals surface area (Å²) < 4.78 is 6.09. The quantitative estimate of drug-likeness (QED) is 0.707. The normalized spacial score (nSPS) is 18.7. The summed E-state index contributed by atoms with van der Waals surface area (Å²) in [7, 11) is 0. The number of nitrogens with zero attached hydrogens (tertiary/aromatic N) is 4. The number of ether oxygens (including phenoxy) is 1. The maximum absolute atomic E-state index is 10.1. The van der Waals surface area contributed by atoms with Gasteiger partial charge in [0.1, 0.15) is 11.4 Å². The van der Waals surface area contributed by atoms with E-state index in [0.29, 0.717) is 35.8 Å². The monoisotopic (exact) mass is 376 g/mol. The largest absolute Gasteiger partial charge is 0.477 e. The second-order valence-corrected chi connectivity index (χ2v) is 7.80. The highest BCUT2D eigenvalue weighted by atomic mass is 16.5. The molecular formula is C22H24N4O2. The van der Waals surface area contributed by atoms with Gasteiger partial charge in [0.2, 0.25) is 5.88 Å². The second-order valence-electron chi connectivity index (χ2n) is 7.80. The Bertz CT molecular complexity index is 953. The van der Waals surface area contributed by atoms with E-state index in [1.165, 1.54) is 0 Å². The maximum atomic E-state index is 10.1. The minimum absolute atomic E-state index is 0.453. The molecule has 1 aliphatic carbocycles. The third kappa shape index (κ3) is 4.02. The lowest BCUT2D eigenvalue weighted by molar-refractivity contribution is 0.0739. The van der Waals surface area contributed by atoms with E-state index in [1.54, 1.807) is 26.2 Å². The molecule has 28 heavy (non-hydrogen) atoms. The van der Waals surface area contributed by atoms with Crippen molar-refractivity contribution in [3.05, 3.63) is 66.1 Å². The molecule has 4 rings (SSSR count). The lowest BCUT2D eigenvalue weighted by atomic mass is 10.0. The second kappa shape index (κ2) is 7.28. The first-order valence-corrected chi connectivity index (χ1v) is 9.48. The average Bonchev–Trinajstić information content (AvgIpc) is 3.46. The van der Waals surface area contributed by atoms with Crippen molar-refractivity contribution in [2.75, 3.05) is 6.61 Å². The zero-order valence-corrected chi connectivity index (χ0v) is 16.3. The third-order valence-corrected chi connectivity index (χ3v) is 5.00.